The Labute approximate surface area is 196 Å². The van der Waals surface area contributed by atoms with Crippen molar-refractivity contribution in [3.05, 3.63) is 39.9 Å². The molecule has 2 amide bonds. The maximum Gasteiger partial charge on any atom is 0.228 e. The number of fused-ring (bicyclic) bond motifs is 1. The molecule has 0 radical (unpaired) electrons. The molecule has 0 saturated carbocycles. The quantitative estimate of drug-likeness (QED) is 0.711. The van der Waals surface area contributed by atoms with Crippen LogP contribution in [0.2, 0.25) is 5.02 Å². The lowest BCUT2D eigenvalue weighted by atomic mass is 9.88. The van der Waals surface area contributed by atoms with Crippen LogP contribution in [0.25, 0.3) is 0 Å². The molecule has 9 heteroatoms. The van der Waals surface area contributed by atoms with Gasteiger partial charge in [0, 0.05) is 55.6 Å². The Kier molecular flexibility index (Phi) is 6.81. The maximum absolute atomic E-state index is 13.2. The Hall–Kier alpha value is -2.45. The Morgan fingerprint density at radius 2 is 2.00 bits per heavy atom. The summed E-state index contributed by atoms with van der Waals surface area (Å²) in [4.78, 5) is 47.1. The van der Waals surface area contributed by atoms with Gasteiger partial charge in [-0.1, -0.05) is 42.9 Å². The fraction of sp³-hybridized carbons (Fsp3) is 0.478. The summed E-state index contributed by atoms with van der Waals surface area (Å²) >= 11 is 7.31. The van der Waals surface area contributed by atoms with E-state index in [1.54, 1.807) is 0 Å². The summed E-state index contributed by atoms with van der Waals surface area (Å²) in [7, 11) is 0. The topological polar surface area (TPSA) is 82.6 Å². The molecule has 1 aliphatic carbocycles. The first-order valence-corrected chi connectivity index (χ1v) is 12.2. The molecule has 1 saturated heterocycles. The number of thiazole rings is 1. The third-order valence-corrected chi connectivity index (χ3v) is 7.52. The smallest absolute Gasteiger partial charge is 0.228 e. The standard InChI is InChI=1S/C23H27ClN4O3S/c1-3-14(2)21(30)26-23-25-18-11-15(12-19(29)20(18)32-23)22(31)28-9-7-27(8-10-28)17-6-4-5-16(24)13-17/h4-6,13-15H,3,7-12H2,1-2H3,(H,25,26,30)/t14-,15-/m0/s1. The van der Waals surface area contributed by atoms with Crippen LogP contribution in [0, 0.1) is 11.8 Å². The van der Waals surface area contributed by atoms with Crippen molar-refractivity contribution >= 4 is 51.4 Å². The third-order valence-electron chi connectivity index (χ3n) is 6.23. The van der Waals surface area contributed by atoms with E-state index in [9.17, 15) is 14.4 Å². The van der Waals surface area contributed by atoms with Gasteiger partial charge in [-0.3, -0.25) is 14.4 Å². The van der Waals surface area contributed by atoms with E-state index in [0.717, 1.165) is 25.2 Å². The fourth-order valence-electron chi connectivity index (χ4n) is 4.09. The number of nitrogens with one attached hydrogen (secondary N) is 1. The molecule has 1 aromatic carbocycles. The summed E-state index contributed by atoms with van der Waals surface area (Å²) in [5, 5.41) is 3.94. The molecule has 0 unspecified atom stereocenters. The maximum atomic E-state index is 13.2. The van der Waals surface area contributed by atoms with Crippen LogP contribution in [0.15, 0.2) is 24.3 Å². The number of carbonyl (C=O) groups is 3. The minimum atomic E-state index is -0.395. The summed E-state index contributed by atoms with van der Waals surface area (Å²) < 4.78 is 0. The first kappa shape index (κ1) is 22.7. The van der Waals surface area contributed by atoms with E-state index in [1.165, 1.54) is 11.3 Å². The number of halogens is 1. The Morgan fingerprint density at radius 1 is 1.25 bits per heavy atom. The molecule has 4 rings (SSSR count). The molecular formula is C23H27ClN4O3S. The Balaban J connectivity index is 1.38. The van der Waals surface area contributed by atoms with Crippen LogP contribution in [0.1, 0.15) is 42.1 Å². The molecule has 0 spiro atoms. The lowest BCUT2D eigenvalue weighted by Gasteiger charge is -2.38. The number of piperazine rings is 1. The van der Waals surface area contributed by atoms with E-state index in [0.29, 0.717) is 40.2 Å². The monoisotopic (exact) mass is 474 g/mol. The molecule has 32 heavy (non-hydrogen) atoms. The molecule has 170 valence electrons. The SMILES string of the molecule is CC[C@H](C)C(=O)Nc1nc2c(s1)C(=O)C[C@@H](C(=O)N1CCN(c3cccc(Cl)c3)CC1)C2. The zero-order valence-electron chi connectivity index (χ0n) is 18.3. The molecule has 2 heterocycles. The summed E-state index contributed by atoms with van der Waals surface area (Å²) in [6.45, 7) is 6.47. The fourth-order valence-corrected chi connectivity index (χ4v) is 5.22. The van der Waals surface area contributed by atoms with Crippen molar-refractivity contribution in [2.45, 2.75) is 33.1 Å². The Morgan fingerprint density at radius 3 is 2.69 bits per heavy atom. The number of nitrogens with zero attached hydrogens (tertiary/aromatic N) is 3. The van der Waals surface area contributed by atoms with Gasteiger partial charge in [-0.05, 0) is 24.6 Å². The van der Waals surface area contributed by atoms with Crippen molar-refractivity contribution in [3.8, 4) is 0 Å². The highest BCUT2D eigenvalue weighted by Gasteiger charge is 2.36. The molecular weight excluding hydrogens is 448 g/mol. The van der Waals surface area contributed by atoms with Crippen LogP contribution >= 0.6 is 22.9 Å². The van der Waals surface area contributed by atoms with E-state index in [-0.39, 0.29) is 29.9 Å². The first-order chi connectivity index (χ1) is 15.4. The van der Waals surface area contributed by atoms with Gasteiger partial charge < -0.3 is 15.1 Å². The highest BCUT2D eigenvalue weighted by molar-refractivity contribution is 7.17. The van der Waals surface area contributed by atoms with E-state index in [2.05, 4.69) is 15.2 Å². The van der Waals surface area contributed by atoms with Gasteiger partial charge in [-0.15, -0.1) is 0 Å². The van der Waals surface area contributed by atoms with E-state index in [4.69, 9.17) is 11.6 Å². The molecule has 1 aliphatic heterocycles. The van der Waals surface area contributed by atoms with E-state index in [1.807, 2.05) is 43.0 Å². The minimum absolute atomic E-state index is 0.00735. The molecule has 1 fully saturated rings. The first-order valence-electron chi connectivity index (χ1n) is 11.0. The van der Waals surface area contributed by atoms with Gasteiger partial charge in [0.15, 0.2) is 10.9 Å². The van der Waals surface area contributed by atoms with Crippen LogP contribution in [-0.4, -0.2) is 53.7 Å². The van der Waals surface area contributed by atoms with Gasteiger partial charge in [0.25, 0.3) is 0 Å². The van der Waals surface area contributed by atoms with Crippen LogP contribution < -0.4 is 10.2 Å². The molecule has 1 aromatic heterocycles. The number of benzene rings is 1. The van der Waals surface area contributed by atoms with Crippen LogP contribution in [-0.2, 0) is 16.0 Å². The lowest BCUT2D eigenvalue weighted by Crippen LogP contribution is -2.51. The molecule has 2 aromatic rings. The number of carbonyl (C=O) groups excluding carboxylic acids is 3. The van der Waals surface area contributed by atoms with Crippen molar-refractivity contribution in [1.29, 1.82) is 0 Å². The van der Waals surface area contributed by atoms with Gasteiger partial charge in [0.1, 0.15) is 0 Å². The predicted molar refractivity (Wildman–Crippen MR) is 127 cm³/mol. The number of anilines is 2. The highest BCUT2D eigenvalue weighted by atomic mass is 35.5. The van der Waals surface area contributed by atoms with Crippen molar-refractivity contribution in [2.75, 3.05) is 36.4 Å². The largest absolute Gasteiger partial charge is 0.368 e. The highest BCUT2D eigenvalue weighted by Crippen LogP contribution is 2.33. The number of hydrogen-bond donors (Lipinski definition) is 1. The summed E-state index contributed by atoms with van der Waals surface area (Å²) in [5.41, 5.74) is 1.68. The van der Waals surface area contributed by atoms with Crippen LogP contribution in [0.4, 0.5) is 10.8 Å². The van der Waals surface area contributed by atoms with Gasteiger partial charge >= 0.3 is 0 Å². The number of hydrogen-bond acceptors (Lipinski definition) is 6. The molecule has 2 atom stereocenters. The van der Waals surface area contributed by atoms with Gasteiger partial charge in [-0.2, -0.15) is 0 Å². The molecule has 7 nitrogen and oxygen atoms in total. The van der Waals surface area contributed by atoms with Gasteiger partial charge in [-0.25, -0.2) is 4.98 Å². The van der Waals surface area contributed by atoms with E-state index >= 15 is 0 Å². The van der Waals surface area contributed by atoms with Crippen molar-refractivity contribution in [3.63, 3.8) is 0 Å². The third kappa shape index (κ3) is 4.81. The number of ketones is 1. The van der Waals surface area contributed by atoms with Crippen molar-refractivity contribution in [2.24, 2.45) is 11.8 Å². The molecule has 2 aliphatic rings. The van der Waals surface area contributed by atoms with E-state index < -0.39 is 5.92 Å². The number of rotatable bonds is 5. The summed E-state index contributed by atoms with van der Waals surface area (Å²) in [6, 6.07) is 7.72. The number of aromatic nitrogens is 1. The normalized spacial score (nSPS) is 19.5. The van der Waals surface area contributed by atoms with Crippen LogP contribution in [0.3, 0.4) is 0 Å². The average molecular weight is 475 g/mol. The summed E-state index contributed by atoms with van der Waals surface area (Å²) in [6.07, 6.45) is 1.36. The second-order valence-electron chi connectivity index (χ2n) is 8.41. The Bertz CT molecular complexity index is 1030. The minimum Gasteiger partial charge on any atom is -0.368 e. The number of amides is 2. The molecule has 1 N–H and O–H groups in total. The van der Waals surface area contributed by atoms with Gasteiger partial charge in [0.05, 0.1) is 16.5 Å². The molecule has 0 bridgehead atoms. The van der Waals surface area contributed by atoms with Gasteiger partial charge in [0.2, 0.25) is 11.8 Å². The zero-order chi connectivity index (χ0) is 22.8. The van der Waals surface area contributed by atoms with Crippen LogP contribution in [0.5, 0.6) is 0 Å². The predicted octanol–water partition coefficient (Wildman–Crippen LogP) is 3.88. The van der Waals surface area contributed by atoms with Crippen molar-refractivity contribution < 1.29 is 14.4 Å². The summed E-state index contributed by atoms with van der Waals surface area (Å²) in [5.74, 6) is -0.674. The lowest BCUT2D eigenvalue weighted by molar-refractivity contribution is -0.136. The van der Waals surface area contributed by atoms with Crippen molar-refractivity contribution in [1.82, 2.24) is 9.88 Å². The number of Topliss-reactive ketones (excluding diaryl/α,β-unsaturated/α-hetero) is 1. The second kappa shape index (κ2) is 9.58. The second-order valence-corrected chi connectivity index (χ2v) is 9.85. The average Bonchev–Trinajstić information content (AvgIpc) is 3.21. The zero-order valence-corrected chi connectivity index (χ0v) is 19.8.